The molecule has 0 aliphatic rings. The fourth-order valence-corrected chi connectivity index (χ4v) is 6.46. The van der Waals surface area contributed by atoms with Crippen molar-refractivity contribution in [3.63, 3.8) is 0 Å². The summed E-state index contributed by atoms with van der Waals surface area (Å²) in [6, 6.07) is 0. The van der Waals surface area contributed by atoms with Crippen LogP contribution in [0.2, 0.25) is 0 Å². The highest BCUT2D eigenvalue weighted by Gasteiger charge is 2.27. The molecule has 9 nitrogen and oxygen atoms in total. The van der Waals surface area contributed by atoms with Gasteiger partial charge < -0.3 is 18.9 Å². The molecule has 0 saturated heterocycles. The molecule has 51 heavy (non-hydrogen) atoms. The van der Waals surface area contributed by atoms with Gasteiger partial charge in [0.1, 0.15) is 19.8 Å². The van der Waals surface area contributed by atoms with Gasteiger partial charge in [-0.3, -0.25) is 18.6 Å². The lowest BCUT2D eigenvalue weighted by atomic mass is 10.1. The van der Waals surface area contributed by atoms with Gasteiger partial charge in [-0.1, -0.05) is 148 Å². The number of carbonyl (C=O) groups excluding carboxylic acids is 2. The predicted octanol–water partition coefficient (Wildman–Crippen LogP) is 11.4. The second kappa shape index (κ2) is 34.5. The van der Waals surface area contributed by atoms with Gasteiger partial charge in [-0.05, 0) is 38.5 Å². The molecule has 0 rings (SSSR count). The molecule has 1 unspecified atom stereocenters. The fourth-order valence-electron chi connectivity index (χ4n) is 5.71. The van der Waals surface area contributed by atoms with E-state index in [1.807, 2.05) is 21.1 Å². The fraction of sp³-hybridized carbons (Fsp3) is 0.902. The van der Waals surface area contributed by atoms with E-state index in [4.69, 9.17) is 18.5 Å². The van der Waals surface area contributed by atoms with Crippen LogP contribution in [0.25, 0.3) is 0 Å². The van der Waals surface area contributed by atoms with Crippen LogP contribution in [0.4, 0.5) is 0 Å². The number of unbranched alkanes of at least 4 members (excludes halogenated alkanes) is 22. The number of likely N-dealkylation sites (N-methyl/N-ethyl adjacent to an activating group) is 1. The van der Waals surface area contributed by atoms with Crippen LogP contribution < -0.4 is 0 Å². The van der Waals surface area contributed by atoms with Crippen molar-refractivity contribution in [2.24, 2.45) is 0 Å². The average molecular weight is 747 g/mol. The SMILES string of the molecule is CCCCCCCC/C=C/CCCCCCCCCC(=O)OC[C@@H](COP(=O)(O)OCC[N+](C)(C)C)OC(=O)CCCCCCCCCCCC. The van der Waals surface area contributed by atoms with Gasteiger partial charge >= 0.3 is 19.8 Å². The van der Waals surface area contributed by atoms with E-state index < -0.39 is 26.5 Å². The number of nitrogens with zero attached hydrogens (tertiary/aromatic N) is 1. The van der Waals surface area contributed by atoms with Gasteiger partial charge in [-0.25, -0.2) is 4.57 Å². The first-order valence-electron chi connectivity index (χ1n) is 20.9. The molecule has 0 amide bonds. The van der Waals surface area contributed by atoms with Crippen molar-refractivity contribution in [3.8, 4) is 0 Å². The zero-order valence-corrected chi connectivity index (χ0v) is 34.7. The van der Waals surface area contributed by atoms with Crippen molar-refractivity contribution in [1.29, 1.82) is 0 Å². The molecule has 0 bridgehead atoms. The van der Waals surface area contributed by atoms with Crippen molar-refractivity contribution in [1.82, 2.24) is 0 Å². The number of carbonyl (C=O) groups is 2. The smallest absolute Gasteiger partial charge is 0.462 e. The van der Waals surface area contributed by atoms with E-state index in [0.29, 0.717) is 17.4 Å². The Morgan fingerprint density at radius 2 is 1.00 bits per heavy atom. The normalized spacial score (nSPS) is 13.8. The molecular weight excluding hydrogens is 665 g/mol. The number of rotatable bonds is 38. The van der Waals surface area contributed by atoms with Gasteiger partial charge in [0.2, 0.25) is 0 Å². The van der Waals surface area contributed by atoms with Crippen LogP contribution in [0.1, 0.15) is 187 Å². The van der Waals surface area contributed by atoms with Gasteiger partial charge in [-0.2, -0.15) is 0 Å². The summed E-state index contributed by atoms with van der Waals surface area (Å²) < 4.78 is 34.2. The van der Waals surface area contributed by atoms with Crippen molar-refractivity contribution in [3.05, 3.63) is 12.2 Å². The number of allylic oxidation sites excluding steroid dienone is 2. The van der Waals surface area contributed by atoms with E-state index in [0.717, 1.165) is 32.1 Å². The van der Waals surface area contributed by atoms with E-state index in [9.17, 15) is 19.0 Å². The predicted molar refractivity (Wildman–Crippen MR) is 211 cm³/mol. The number of quaternary nitrogens is 1. The van der Waals surface area contributed by atoms with E-state index >= 15 is 0 Å². The summed E-state index contributed by atoms with van der Waals surface area (Å²) in [6.07, 6.45) is 34.0. The van der Waals surface area contributed by atoms with Crippen LogP contribution in [0.3, 0.4) is 0 Å². The van der Waals surface area contributed by atoms with E-state index in [1.54, 1.807) is 0 Å². The number of ether oxygens (including phenoxy) is 2. The summed E-state index contributed by atoms with van der Waals surface area (Å²) in [5.74, 6) is -0.799. The average Bonchev–Trinajstić information content (AvgIpc) is 3.07. The Morgan fingerprint density at radius 3 is 1.45 bits per heavy atom. The Bertz CT molecular complexity index is 891. The molecule has 0 aromatic carbocycles. The maximum absolute atomic E-state index is 12.6. The van der Waals surface area contributed by atoms with Crippen LogP contribution in [0.5, 0.6) is 0 Å². The quantitative estimate of drug-likeness (QED) is 0.0219. The summed E-state index contributed by atoms with van der Waals surface area (Å²) in [5.41, 5.74) is 0. The summed E-state index contributed by atoms with van der Waals surface area (Å²) in [4.78, 5) is 35.2. The van der Waals surface area contributed by atoms with Gasteiger partial charge in [0.05, 0.1) is 27.7 Å². The van der Waals surface area contributed by atoms with Crippen LogP contribution in [-0.2, 0) is 32.7 Å². The molecule has 0 saturated carbocycles. The van der Waals surface area contributed by atoms with Crippen molar-refractivity contribution in [2.75, 3.05) is 47.5 Å². The molecule has 10 heteroatoms. The summed E-state index contributed by atoms with van der Waals surface area (Å²) in [7, 11) is 1.48. The second-order valence-electron chi connectivity index (χ2n) is 15.4. The first kappa shape index (κ1) is 49.8. The highest BCUT2D eigenvalue weighted by Crippen LogP contribution is 2.43. The first-order valence-corrected chi connectivity index (χ1v) is 22.4. The number of phosphoric ester groups is 1. The highest BCUT2D eigenvalue weighted by atomic mass is 31.2. The monoisotopic (exact) mass is 747 g/mol. The largest absolute Gasteiger partial charge is 0.472 e. The molecule has 0 radical (unpaired) electrons. The highest BCUT2D eigenvalue weighted by molar-refractivity contribution is 7.47. The summed E-state index contributed by atoms with van der Waals surface area (Å²) in [5, 5.41) is 0. The number of phosphoric acid groups is 1. The lowest BCUT2D eigenvalue weighted by molar-refractivity contribution is -0.870. The van der Waals surface area contributed by atoms with Gasteiger partial charge in [-0.15, -0.1) is 0 Å². The van der Waals surface area contributed by atoms with Crippen LogP contribution in [-0.4, -0.2) is 74.9 Å². The third kappa shape index (κ3) is 38.3. The minimum Gasteiger partial charge on any atom is -0.462 e. The topological polar surface area (TPSA) is 108 Å². The lowest BCUT2D eigenvalue weighted by Crippen LogP contribution is -2.37. The zero-order valence-electron chi connectivity index (χ0n) is 33.9. The summed E-state index contributed by atoms with van der Waals surface area (Å²) in [6.45, 7) is 4.40. The maximum Gasteiger partial charge on any atom is 0.472 e. The van der Waals surface area contributed by atoms with Crippen LogP contribution in [0.15, 0.2) is 12.2 Å². The molecule has 0 fully saturated rings. The van der Waals surface area contributed by atoms with Gasteiger partial charge in [0.15, 0.2) is 6.10 Å². The molecule has 302 valence electrons. The Morgan fingerprint density at radius 1 is 0.588 bits per heavy atom. The number of hydrogen-bond acceptors (Lipinski definition) is 7. The van der Waals surface area contributed by atoms with Crippen molar-refractivity contribution in [2.45, 2.75) is 193 Å². The maximum atomic E-state index is 12.6. The molecule has 0 spiro atoms. The van der Waals surface area contributed by atoms with Crippen LogP contribution >= 0.6 is 7.82 Å². The second-order valence-corrected chi connectivity index (χ2v) is 16.8. The third-order valence-electron chi connectivity index (χ3n) is 9.05. The Labute approximate surface area is 314 Å². The molecule has 0 aromatic rings. The first-order chi connectivity index (χ1) is 24.5. The zero-order chi connectivity index (χ0) is 37.9. The van der Waals surface area contributed by atoms with Crippen LogP contribution in [0, 0.1) is 0 Å². The molecule has 0 heterocycles. The van der Waals surface area contributed by atoms with Crippen molar-refractivity contribution < 1.29 is 42.1 Å². The molecule has 1 N–H and O–H groups in total. The molecular formula is C41H81NO8P+. The third-order valence-corrected chi connectivity index (χ3v) is 10.0. The van der Waals surface area contributed by atoms with E-state index in [-0.39, 0.29) is 32.0 Å². The molecule has 0 aromatic heterocycles. The van der Waals surface area contributed by atoms with Gasteiger partial charge in [0.25, 0.3) is 0 Å². The molecule has 2 atom stereocenters. The van der Waals surface area contributed by atoms with Gasteiger partial charge in [0, 0.05) is 12.8 Å². The minimum atomic E-state index is -4.36. The standard InChI is InChI=1S/C41H80NO8P/c1-6-8-10-12-14-16-18-19-20-21-22-23-24-26-27-29-31-33-40(43)47-37-39(38-49-51(45,46)48-36-35-42(3,4)5)50-41(44)34-32-30-28-25-17-15-13-11-9-7-2/h19-20,39H,6-18,21-38H2,1-5H3/p+1/b20-19+/t39-/m0/s1. The Kier molecular flexibility index (Phi) is 33.7. The van der Waals surface area contributed by atoms with Crippen molar-refractivity contribution >= 4 is 19.8 Å². The molecule has 0 aliphatic carbocycles. The Hall–Kier alpha value is -1.25. The number of esters is 2. The molecule has 0 aliphatic heterocycles. The minimum absolute atomic E-state index is 0.0339. The van der Waals surface area contributed by atoms with E-state index in [2.05, 4.69) is 26.0 Å². The summed E-state index contributed by atoms with van der Waals surface area (Å²) >= 11 is 0. The number of hydrogen-bond donors (Lipinski definition) is 1. The Balaban J connectivity index is 4.32. The van der Waals surface area contributed by atoms with E-state index in [1.165, 1.54) is 122 Å². The lowest BCUT2D eigenvalue weighted by Gasteiger charge is -2.24.